The molecule has 160 valence electrons. The van der Waals surface area contributed by atoms with Gasteiger partial charge >= 0.3 is 0 Å². The van der Waals surface area contributed by atoms with E-state index in [1.807, 2.05) is 12.1 Å². The van der Waals surface area contributed by atoms with E-state index >= 15 is 0 Å². The average Bonchev–Trinajstić information content (AvgIpc) is 3.17. The minimum atomic E-state index is -0.678. The number of aromatic nitrogens is 3. The lowest BCUT2D eigenvalue weighted by Gasteiger charge is -2.29. The molecule has 31 heavy (non-hydrogen) atoms. The van der Waals surface area contributed by atoms with Gasteiger partial charge in [0.1, 0.15) is 6.04 Å². The first kappa shape index (κ1) is 21.0. The molecule has 0 saturated carbocycles. The Bertz CT molecular complexity index is 1220. The number of benzene rings is 2. The van der Waals surface area contributed by atoms with Gasteiger partial charge in [-0.1, -0.05) is 35.3 Å². The highest BCUT2D eigenvalue weighted by molar-refractivity contribution is 6.42. The van der Waals surface area contributed by atoms with Crippen LogP contribution in [0.2, 0.25) is 10.0 Å². The van der Waals surface area contributed by atoms with E-state index in [4.69, 9.17) is 38.4 Å². The molecule has 3 N–H and O–H groups in total. The van der Waals surface area contributed by atoms with Crippen LogP contribution in [0.1, 0.15) is 18.5 Å². The third kappa shape index (κ3) is 3.58. The quantitative estimate of drug-likeness (QED) is 0.596. The number of fused-ring (bicyclic) bond motifs is 1. The summed E-state index contributed by atoms with van der Waals surface area (Å²) in [6.45, 7) is 1.76. The van der Waals surface area contributed by atoms with Gasteiger partial charge in [-0.2, -0.15) is 4.98 Å². The van der Waals surface area contributed by atoms with Crippen molar-refractivity contribution in [2.45, 2.75) is 13.0 Å². The number of nitrogens with zero attached hydrogens (tertiary/aromatic N) is 3. The topological polar surface area (TPSA) is 104 Å². The normalized spacial score (nSPS) is 15.3. The maximum absolute atomic E-state index is 12.4. The number of halogens is 2. The Kier molecular flexibility index (Phi) is 5.51. The van der Waals surface area contributed by atoms with Crippen LogP contribution in [0.15, 0.2) is 47.7 Å². The van der Waals surface area contributed by atoms with E-state index in [2.05, 4.69) is 15.4 Å². The van der Waals surface area contributed by atoms with Crippen LogP contribution < -0.4 is 20.5 Å². The van der Waals surface area contributed by atoms with E-state index in [0.717, 1.165) is 0 Å². The number of anilines is 1. The van der Waals surface area contributed by atoms with Crippen molar-refractivity contribution >= 4 is 35.1 Å². The maximum atomic E-state index is 12.4. The van der Waals surface area contributed by atoms with Crippen LogP contribution in [-0.2, 0) is 4.79 Å². The number of para-hydroxylation sites is 1. The molecule has 0 bridgehead atoms. The van der Waals surface area contributed by atoms with Gasteiger partial charge in [0.2, 0.25) is 11.9 Å². The second kappa shape index (κ2) is 8.13. The molecule has 1 atom stereocenters. The molecule has 10 heteroatoms. The summed E-state index contributed by atoms with van der Waals surface area (Å²) < 4.78 is 12.6. The first-order valence-corrected chi connectivity index (χ1v) is 10.0. The zero-order chi connectivity index (χ0) is 22.3. The average molecular weight is 460 g/mol. The molecular formula is C21H19Cl2N5O3. The molecule has 3 aromatic rings. The zero-order valence-corrected chi connectivity index (χ0v) is 18.5. The highest BCUT2D eigenvalue weighted by Crippen LogP contribution is 2.43. The molecule has 1 amide bonds. The number of nitrogens with one attached hydrogen (secondary N) is 1. The number of rotatable bonds is 5. The van der Waals surface area contributed by atoms with Gasteiger partial charge in [-0.25, -0.2) is 4.68 Å². The summed E-state index contributed by atoms with van der Waals surface area (Å²) in [5.74, 6) is 1.26. The van der Waals surface area contributed by atoms with Gasteiger partial charge < -0.3 is 20.5 Å². The Balaban J connectivity index is 1.93. The molecule has 4 rings (SSSR count). The van der Waals surface area contributed by atoms with Gasteiger partial charge in [0, 0.05) is 16.8 Å². The Morgan fingerprint density at radius 3 is 2.58 bits per heavy atom. The van der Waals surface area contributed by atoms with Gasteiger partial charge in [0.05, 0.1) is 29.8 Å². The maximum Gasteiger partial charge on any atom is 0.248 e. The number of primary amides is 1. The van der Waals surface area contributed by atoms with Crippen LogP contribution in [0.4, 0.5) is 5.95 Å². The molecule has 0 spiro atoms. The minimum absolute atomic E-state index is 0.338. The van der Waals surface area contributed by atoms with Crippen molar-refractivity contribution in [1.82, 2.24) is 14.8 Å². The fraction of sp³-hybridized carbons (Fsp3) is 0.190. The van der Waals surface area contributed by atoms with Gasteiger partial charge in [-0.15, -0.1) is 5.10 Å². The van der Waals surface area contributed by atoms with Crippen molar-refractivity contribution in [2.75, 3.05) is 19.5 Å². The second-order valence-corrected chi connectivity index (χ2v) is 7.66. The Morgan fingerprint density at radius 1 is 1.16 bits per heavy atom. The van der Waals surface area contributed by atoms with Crippen molar-refractivity contribution in [1.29, 1.82) is 0 Å². The van der Waals surface area contributed by atoms with Crippen molar-refractivity contribution in [2.24, 2.45) is 5.73 Å². The lowest BCUT2D eigenvalue weighted by Crippen LogP contribution is -2.32. The summed E-state index contributed by atoms with van der Waals surface area (Å²) in [5.41, 5.74) is 8.00. The van der Waals surface area contributed by atoms with Gasteiger partial charge in [-0.3, -0.25) is 4.79 Å². The number of nitrogens with two attached hydrogens (primary N) is 1. The van der Waals surface area contributed by atoms with E-state index in [-0.39, 0.29) is 0 Å². The van der Waals surface area contributed by atoms with Gasteiger partial charge in [0.25, 0.3) is 0 Å². The molecule has 8 nitrogen and oxygen atoms in total. The number of hydrogen-bond acceptors (Lipinski definition) is 6. The number of carbonyl (C=O) groups excluding carboxylic acids is 1. The first-order valence-electron chi connectivity index (χ1n) is 9.26. The molecule has 2 heterocycles. The van der Waals surface area contributed by atoms with Crippen LogP contribution in [0.5, 0.6) is 11.5 Å². The highest BCUT2D eigenvalue weighted by atomic mass is 35.5. The molecule has 1 aliphatic heterocycles. The van der Waals surface area contributed by atoms with Crippen molar-refractivity contribution in [3.63, 3.8) is 0 Å². The number of allylic oxidation sites excluding steroid dienone is 1. The molecule has 1 aromatic heterocycles. The summed E-state index contributed by atoms with van der Waals surface area (Å²) in [4.78, 5) is 17.0. The van der Waals surface area contributed by atoms with Crippen molar-refractivity contribution < 1.29 is 14.3 Å². The van der Waals surface area contributed by atoms with Crippen molar-refractivity contribution in [3.8, 4) is 22.9 Å². The molecule has 0 saturated heterocycles. The lowest BCUT2D eigenvalue weighted by molar-refractivity contribution is -0.115. The Hall–Kier alpha value is -3.23. The fourth-order valence-electron chi connectivity index (χ4n) is 3.64. The standard InChI is InChI=1S/C21H19Cl2N5O3/c1-10-16(19(24)29)17(12-5-4-6-15(30-2)18(12)31-3)28-21(25-10)26-20(27-28)11-7-8-13(22)14(23)9-11/h4-9,17H,1-3H3,(H2,24,29)(H,25,26,27). The SMILES string of the molecule is COc1cccc(C2C(C(N)=O)=C(C)Nc3nc(-c4ccc(Cl)c(Cl)c4)nn32)c1OC. The fourth-order valence-corrected chi connectivity index (χ4v) is 3.94. The van der Waals surface area contributed by atoms with Gasteiger partial charge in [-0.05, 0) is 31.2 Å². The molecule has 1 aliphatic rings. The third-order valence-corrected chi connectivity index (χ3v) is 5.76. The molecule has 0 aliphatic carbocycles. The summed E-state index contributed by atoms with van der Waals surface area (Å²) >= 11 is 12.2. The number of carbonyl (C=O) groups is 1. The summed E-state index contributed by atoms with van der Waals surface area (Å²) in [5, 5.41) is 8.58. The van der Waals surface area contributed by atoms with E-state index < -0.39 is 11.9 Å². The van der Waals surface area contributed by atoms with E-state index in [0.29, 0.717) is 55.7 Å². The van der Waals surface area contributed by atoms with E-state index in [1.54, 1.807) is 43.0 Å². The number of ether oxygens (including phenoxy) is 2. The number of hydrogen-bond donors (Lipinski definition) is 2. The van der Waals surface area contributed by atoms with Crippen LogP contribution in [-0.4, -0.2) is 34.9 Å². The molecule has 2 aromatic carbocycles. The number of amides is 1. The monoisotopic (exact) mass is 459 g/mol. The largest absolute Gasteiger partial charge is 0.493 e. The zero-order valence-electron chi connectivity index (χ0n) is 16.9. The molecule has 0 radical (unpaired) electrons. The first-order chi connectivity index (χ1) is 14.8. The lowest BCUT2D eigenvalue weighted by atomic mass is 9.94. The summed E-state index contributed by atoms with van der Waals surface area (Å²) in [6, 6.07) is 9.86. The van der Waals surface area contributed by atoms with Crippen LogP contribution in [0.3, 0.4) is 0 Å². The van der Waals surface area contributed by atoms with Crippen LogP contribution in [0.25, 0.3) is 11.4 Å². The Labute approximate surface area is 188 Å². The predicted octanol–water partition coefficient (Wildman–Crippen LogP) is 4.04. The second-order valence-electron chi connectivity index (χ2n) is 6.85. The number of methoxy groups -OCH3 is 2. The molecule has 1 unspecified atom stereocenters. The third-order valence-electron chi connectivity index (χ3n) is 5.02. The van der Waals surface area contributed by atoms with Crippen LogP contribution >= 0.6 is 23.2 Å². The predicted molar refractivity (Wildman–Crippen MR) is 119 cm³/mol. The highest BCUT2D eigenvalue weighted by Gasteiger charge is 2.35. The molecule has 0 fully saturated rings. The molecular weight excluding hydrogens is 441 g/mol. The summed E-state index contributed by atoms with van der Waals surface area (Å²) in [7, 11) is 3.08. The van der Waals surface area contributed by atoms with Crippen LogP contribution in [0, 0.1) is 0 Å². The van der Waals surface area contributed by atoms with E-state index in [9.17, 15) is 4.79 Å². The summed E-state index contributed by atoms with van der Waals surface area (Å²) in [6.07, 6.45) is 0. The Morgan fingerprint density at radius 2 is 1.94 bits per heavy atom. The van der Waals surface area contributed by atoms with Gasteiger partial charge in [0.15, 0.2) is 17.3 Å². The van der Waals surface area contributed by atoms with Crippen molar-refractivity contribution in [3.05, 3.63) is 63.3 Å². The smallest absolute Gasteiger partial charge is 0.248 e. The minimum Gasteiger partial charge on any atom is -0.493 e. The van der Waals surface area contributed by atoms with E-state index in [1.165, 1.54) is 7.11 Å².